The second kappa shape index (κ2) is 5.91. The van der Waals surface area contributed by atoms with Crippen LogP contribution in [0.2, 0.25) is 10.0 Å². The van der Waals surface area contributed by atoms with Crippen molar-refractivity contribution in [3.63, 3.8) is 0 Å². The van der Waals surface area contributed by atoms with Crippen LogP contribution in [-0.2, 0) is 4.79 Å². The average Bonchev–Trinajstić information content (AvgIpc) is 2.78. The van der Waals surface area contributed by atoms with Crippen LogP contribution in [0.4, 0.5) is 0 Å². The fraction of sp³-hybridized carbons (Fsp3) is 0.462. The summed E-state index contributed by atoms with van der Waals surface area (Å²) < 4.78 is 0. The Labute approximate surface area is 117 Å². The number of nitrogens with one attached hydrogen (secondary N) is 2. The third-order valence-electron chi connectivity index (χ3n) is 3.29. The first-order valence-corrected chi connectivity index (χ1v) is 6.76. The van der Waals surface area contributed by atoms with Gasteiger partial charge in [-0.05, 0) is 30.7 Å². The zero-order valence-corrected chi connectivity index (χ0v) is 11.7. The van der Waals surface area contributed by atoms with Gasteiger partial charge in [-0.2, -0.15) is 0 Å². The van der Waals surface area contributed by atoms with Crippen LogP contribution in [0.1, 0.15) is 24.8 Å². The molecular weight excluding hydrogens is 271 g/mol. The molecular formula is C13H16Cl2N2O. The minimum atomic E-state index is -0.00316. The van der Waals surface area contributed by atoms with Gasteiger partial charge < -0.3 is 10.6 Å². The number of hydrogen-bond donors (Lipinski definition) is 2. The van der Waals surface area contributed by atoms with E-state index in [0.717, 1.165) is 13.0 Å². The van der Waals surface area contributed by atoms with Gasteiger partial charge in [-0.3, -0.25) is 4.79 Å². The van der Waals surface area contributed by atoms with E-state index in [0.29, 0.717) is 22.5 Å². The van der Waals surface area contributed by atoms with E-state index in [2.05, 4.69) is 10.6 Å². The standard InChI is InChI=1S/C13H16Cl2N2O/c1-8(18)17-7-13-10(4-5-16-13)9-2-3-11(14)12(15)6-9/h2-3,6,10,13,16H,4-5,7H2,1H3,(H,17,18)/t10-,13-/m1/s1. The lowest BCUT2D eigenvalue weighted by molar-refractivity contribution is -0.119. The fourth-order valence-electron chi connectivity index (χ4n) is 2.38. The van der Waals surface area contributed by atoms with E-state index in [1.54, 1.807) is 0 Å². The van der Waals surface area contributed by atoms with E-state index in [1.165, 1.54) is 12.5 Å². The van der Waals surface area contributed by atoms with Crippen molar-refractivity contribution in [1.82, 2.24) is 10.6 Å². The molecule has 0 spiro atoms. The molecule has 98 valence electrons. The lowest BCUT2D eigenvalue weighted by Gasteiger charge is -2.20. The molecule has 2 atom stereocenters. The van der Waals surface area contributed by atoms with E-state index in [9.17, 15) is 4.79 Å². The Morgan fingerprint density at radius 3 is 2.89 bits per heavy atom. The van der Waals surface area contributed by atoms with Crippen LogP contribution in [0.25, 0.3) is 0 Å². The Balaban J connectivity index is 2.10. The van der Waals surface area contributed by atoms with Gasteiger partial charge in [-0.25, -0.2) is 0 Å². The normalized spacial score (nSPS) is 23.1. The number of carbonyl (C=O) groups excluding carboxylic acids is 1. The number of carbonyl (C=O) groups is 1. The van der Waals surface area contributed by atoms with Gasteiger partial charge in [-0.1, -0.05) is 29.3 Å². The molecule has 0 radical (unpaired) electrons. The van der Waals surface area contributed by atoms with E-state index in [4.69, 9.17) is 23.2 Å². The van der Waals surface area contributed by atoms with Gasteiger partial charge in [0, 0.05) is 25.4 Å². The van der Waals surface area contributed by atoms with Gasteiger partial charge in [-0.15, -0.1) is 0 Å². The number of rotatable bonds is 3. The highest BCUT2D eigenvalue weighted by molar-refractivity contribution is 6.42. The van der Waals surface area contributed by atoms with Crippen LogP contribution in [0.3, 0.4) is 0 Å². The second-order valence-corrected chi connectivity index (χ2v) is 5.38. The summed E-state index contributed by atoms with van der Waals surface area (Å²) in [6, 6.07) is 6.01. The zero-order valence-electron chi connectivity index (χ0n) is 10.2. The maximum atomic E-state index is 11.0. The van der Waals surface area contributed by atoms with Gasteiger partial charge in [0.2, 0.25) is 5.91 Å². The quantitative estimate of drug-likeness (QED) is 0.897. The Morgan fingerprint density at radius 2 is 2.22 bits per heavy atom. The highest BCUT2D eigenvalue weighted by atomic mass is 35.5. The minimum absolute atomic E-state index is 0.00316. The van der Waals surface area contributed by atoms with Gasteiger partial charge in [0.05, 0.1) is 10.0 Å². The molecule has 0 bridgehead atoms. The summed E-state index contributed by atoms with van der Waals surface area (Å²) in [4.78, 5) is 11.0. The molecule has 1 aromatic carbocycles. The molecule has 1 heterocycles. The van der Waals surface area contributed by atoms with Gasteiger partial charge >= 0.3 is 0 Å². The van der Waals surface area contributed by atoms with Crippen molar-refractivity contribution in [2.75, 3.05) is 13.1 Å². The van der Waals surface area contributed by atoms with Gasteiger partial charge in [0.25, 0.3) is 0 Å². The average molecular weight is 287 g/mol. The van der Waals surface area contributed by atoms with Crippen molar-refractivity contribution < 1.29 is 4.79 Å². The molecule has 0 aliphatic carbocycles. The summed E-state index contributed by atoms with van der Waals surface area (Å²) in [6.07, 6.45) is 1.04. The second-order valence-electron chi connectivity index (χ2n) is 4.57. The summed E-state index contributed by atoms with van der Waals surface area (Å²) in [6.45, 7) is 3.12. The van der Waals surface area contributed by atoms with Crippen LogP contribution >= 0.6 is 23.2 Å². The van der Waals surface area contributed by atoms with E-state index in [-0.39, 0.29) is 11.9 Å². The van der Waals surface area contributed by atoms with Crippen LogP contribution in [0.5, 0.6) is 0 Å². The summed E-state index contributed by atoms with van der Waals surface area (Å²) >= 11 is 12.0. The molecule has 1 amide bonds. The Hall–Kier alpha value is -0.770. The SMILES string of the molecule is CC(=O)NC[C@H]1NCC[C@@H]1c1ccc(Cl)c(Cl)c1. The first-order chi connectivity index (χ1) is 8.58. The maximum absolute atomic E-state index is 11.0. The predicted octanol–water partition coefficient (Wildman–Crippen LogP) is 2.58. The summed E-state index contributed by atoms with van der Waals surface area (Å²) in [5.41, 5.74) is 1.17. The summed E-state index contributed by atoms with van der Waals surface area (Å²) in [5.74, 6) is 0.364. The van der Waals surface area contributed by atoms with Crippen molar-refractivity contribution in [2.24, 2.45) is 0 Å². The van der Waals surface area contributed by atoms with Crippen LogP contribution in [0.15, 0.2) is 18.2 Å². The fourth-order valence-corrected chi connectivity index (χ4v) is 2.68. The Bertz CT molecular complexity index is 451. The number of halogens is 2. The summed E-state index contributed by atoms with van der Waals surface area (Å²) in [5, 5.41) is 7.41. The molecule has 1 aliphatic heterocycles. The van der Waals surface area contributed by atoms with Gasteiger partial charge in [0.1, 0.15) is 0 Å². The first-order valence-electron chi connectivity index (χ1n) is 6.00. The molecule has 0 saturated carbocycles. The van der Waals surface area contributed by atoms with Crippen molar-refractivity contribution >= 4 is 29.1 Å². The lowest BCUT2D eigenvalue weighted by atomic mass is 9.92. The Morgan fingerprint density at radius 1 is 1.44 bits per heavy atom. The third-order valence-corrected chi connectivity index (χ3v) is 4.03. The third kappa shape index (κ3) is 3.16. The molecule has 1 aromatic rings. The first kappa shape index (κ1) is 13.7. The monoisotopic (exact) mass is 286 g/mol. The van der Waals surface area contributed by atoms with Crippen molar-refractivity contribution in [3.8, 4) is 0 Å². The maximum Gasteiger partial charge on any atom is 0.216 e. The molecule has 5 heteroatoms. The highest BCUT2D eigenvalue weighted by Gasteiger charge is 2.28. The topological polar surface area (TPSA) is 41.1 Å². The summed E-state index contributed by atoms with van der Waals surface area (Å²) in [7, 11) is 0. The molecule has 1 aliphatic rings. The van der Waals surface area contributed by atoms with Crippen LogP contribution < -0.4 is 10.6 Å². The molecule has 1 saturated heterocycles. The number of hydrogen-bond acceptors (Lipinski definition) is 2. The molecule has 2 rings (SSSR count). The number of amides is 1. The minimum Gasteiger partial charge on any atom is -0.355 e. The molecule has 18 heavy (non-hydrogen) atoms. The van der Waals surface area contributed by atoms with Gasteiger partial charge in [0.15, 0.2) is 0 Å². The van der Waals surface area contributed by atoms with Crippen molar-refractivity contribution in [2.45, 2.75) is 25.3 Å². The molecule has 1 fully saturated rings. The van der Waals surface area contributed by atoms with E-state index in [1.807, 2.05) is 18.2 Å². The lowest BCUT2D eigenvalue weighted by Crippen LogP contribution is -2.38. The highest BCUT2D eigenvalue weighted by Crippen LogP contribution is 2.32. The van der Waals surface area contributed by atoms with E-state index < -0.39 is 0 Å². The molecule has 0 aromatic heterocycles. The largest absolute Gasteiger partial charge is 0.355 e. The Kier molecular flexibility index (Phi) is 4.49. The smallest absolute Gasteiger partial charge is 0.216 e. The van der Waals surface area contributed by atoms with E-state index >= 15 is 0 Å². The molecule has 3 nitrogen and oxygen atoms in total. The van der Waals surface area contributed by atoms with Crippen molar-refractivity contribution in [3.05, 3.63) is 33.8 Å². The van der Waals surface area contributed by atoms with Crippen LogP contribution in [0, 0.1) is 0 Å². The zero-order chi connectivity index (χ0) is 13.1. The predicted molar refractivity (Wildman–Crippen MR) is 74.3 cm³/mol. The van der Waals surface area contributed by atoms with Crippen molar-refractivity contribution in [1.29, 1.82) is 0 Å². The molecule has 2 N–H and O–H groups in total. The molecule has 0 unspecified atom stereocenters. The number of benzene rings is 1. The van der Waals surface area contributed by atoms with Crippen LogP contribution in [-0.4, -0.2) is 25.0 Å².